The summed E-state index contributed by atoms with van der Waals surface area (Å²) in [5.41, 5.74) is 2.46. The molecule has 4 rings (SSSR count). The number of carboxylic acids is 1. The van der Waals surface area contributed by atoms with Crippen LogP contribution in [-0.4, -0.2) is 70.3 Å². The molecule has 1 aromatic heterocycles. The van der Waals surface area contributed by atoms with Crippen molar-refractivity contribution < 1.29 is 29.3 Å². The van der Waals surface area contributed by atoms with Gasteiger partial charge in [-0.15, -0.1) is 0 Å². The van der Waals surface area contributed by atoms with Crippen LogP contribution in [-0.2, 0) is 11.3 Å². The van der Waals surface area contributed by atoms with Crippen molar-refractivity contribution in [2.45, 2.75) is 6.54 Å². The largest absolute Gasteiger partial charge is 0.508 e. The van der Waals surface area contributed by atoms with Gasteiger partial charge in [-0.1, -0.05) is 0 Å². The molecule has 0 saturated heterocycles. The summed E-state index contributed by atoms with van der Waals surface area (Å²) in [5.74, 6) is -0.398. The van der Waals surface area contributed by atoms with Gasteiger partial charge in [0, 0.05) is 46.1 Å². The van der Waals surface area contributed by atoms with Crippen molar-refractivity contribution in [3.05, 3.63) is 41.5 Å². The summed E-state index contributed by atoms with van der Waals surface area (Å²) in [6.45, 7) is -0.308. The van der Waals surface area contributed by atoms with Crippen molar-refractivity contribution in [2.24, 2.45) is 0 Å². The third-order valence-corrected chi connectivity index (χ3v) is 4.59. The maximum atomic E-state index is 13.0. The number of methoxy groups -OCH3 is 2. The Morgan fingerprint density at radius 1 is 1.07 bits per heavy atom. The van der Waals surface area contributed by atoms with Crippen molar-refractivity contribution in [1.82, 2.24) is 4.57 Å². The molecule has 0 amide bonds. The fourth-order valence-electron chi connectivity index (χ4n) is 3.55. The van der Waals surface area contributed by atoms with Crippen LogP contribution in [0.1, 0.15) is 15.9 Å². The quantitative estimate of drug-likeness (QED) is 0.531. The number of carbonyl (C=O) groups excluding carboxylic acids is 1. The number of rotatable bonds is 4. The number of aromatic hydroxyl groups is 1. The molecule has 8 heteroatoms. The molecule has 1 heterocycles. The zero-order chi connectivity index (χ0) is 18.6. The first-order valence-corrected chi connectivity index (χ1v) is 7.84. The summed E-state index contributed by atoms with van der Waals surface area (Å²) >= 11 is 0. The van der Waals surface area contributed by atoms with Gasteiger partial charge < -0.3 is 24.3 Å². The molecule has 1 radical (unpaired) electrons. The van der Waals surface area contributed by atoms with Gasteiger partial charge in [0.15, 0.2) is 17.3 Å². The molecule has 3 aromatic rings. The van der Waals surface area contributed by atoms with Gasteiger partial charge in [-0.3, -0.25) is 9.59 Å². The van der Waals surface area contributed by atoms with E-state index in [0.29, 0.717) is 44.8 Å². The topological polar surface area (TPSA) is 98.0 Å². The number of fused-ring (bicyclic) bond motifs is 5. The molecule has 0 fully saturated rings. The molecule has 7 nitrogen and oxygen atoms in total. The molecule has 0 bridgehead atoms. The first-order valence-electron chi connectivity index (χ1n) is 7.84. The van der Waals surface area contributed by atoms with Crippen molar-refractivity contribution >= 4 is 52.2 Å². The van der Waals surface area contributed by atoms with Crippen LogP contribution in [0.15, 0.2) is 30.3 Å². The van der Waals surface area contributed by atoms with E-state index in [-0.39, 0.29) is 47.6 Å². The molecular weight excluding hydrogens is 361 g/mol. The standard InChI is InChI=1S/C19H15NO6.Na/c1-25-14-6-10-11(7-15(14)26-2)19(24)17-12-5-9(21)3-4-13(12)20(18(10)17)8-16(22)23;/h3-7,21H,8H2,1-2H3,(H,22,23);. The number of phenolic OH excluding ortho intramolecular Hbond substituents is 1. The van der Waals surface area contributed by atoms with Gasteiger partial charge in [-0.2, -0.15) is 0 Å². The normalized spacial score (nSPS) is 11.7. The number of ether oxygens (including phenoxy) is 2. The number of benzene rings is 2. The molecule has 0 unspecified atom stereocenters. The van der Waals surface area contributed by atoms with Crippen molar-refractivity contribution in [3.8, 4) is 28.5 Å². The van der Waals surface area contributed by atoms with Crippen LogP contribution in [0.3, 0.4) is 0 Å². The van der Waals surface area contributed by atoms with E-state index in [1.165, 1.54) is 26.4 Å². The van der Waals surface area contributed by atoms with Gasteiger partial charge in [-0.05, 0) is 30.3 Å². The Morgan fingerprint density at radius 2 is 1.70 bits per heavy atom. The summed E-state index contributed by atoms with van der Waals surface area (Å²) in [4.78, 5) is 24.4. The predicted octanol–water partition coefficient (Wildman–Crippen LogP) is 2.28. The average molecular weight is 376 g/mol. The second kappa shape index (κ2) is 6.92. The molecule has 0 saturated carbocycles. The number of nitrogens with zero attached hydrogens (tertiary/aromatic N) is 1. The minimum Gasteiger partial charge on any atom is -0.508 e. The number of carbonyl (C=O) groups is 2. The second-order valence-corrected chi connectivity index (χ2v) is 5.99. The van der Waals surface area contributed by atoms with Gasteiger partial charge in [-0.25, -0.2) is 0 Å². The summed E-state index contributed by atoms with van der Waals surface area (Å²) in [6, 6.07) is 7.82. The van der Waals surface area contributed by atoms with Crippen LogP contribution >= 0.6 is 0 Å². The molecule has 2 aromatic carbocycles. The van der Waals surface area contributed by atoms with Crippen molar-refractivity contribution in [1.29, 1.82) is 0 Å². The fourth-order valence-corrected chi connectivity index (χ4v) is 3.55. The number of carboxylic acid groups (broad SMARTS) is 1. The monoisotopic (exact) mass is 376 g/mol. The van der Waals surface area contributed by atoms with Gasteiger partial charge in [0.1, 0.15) is 12.3 Å². The van der Waals surface area contributed by atoms with Gasteiger partial charge in [0.05, 0.1) is 31.0 Å². The van der Waals surface area contributed by atoms with E-state index in [9.17, 15) is 19.8 Å². The van der Waals surface area contributed by atoms with Crippen LogP contribution in [0.2, 0.25) is 0 Å². The van der Waals surface area contributed by atoms with Crippen LogP contribution in [0.25, 0.3) is 22.2 Å². The predicted molar refractivity (Wildman–Crippen MR) is 99.0 cm³/mol. The van der Waals surface area contributed by atoms with Crippen molar-refractivity contribution in [3.63, 3.8) is 0 Å². The zero-order valence-electron chi connectivity index (χ0n) is 15.1. The minimum absolute atomic E-state index is 0. The number of aromatic nitrogens is 1. The van der Waals surface area contributed by atoms with E-state index in [1.54, 1.807) is 22.8 Å². The number of ketones is 1. The maximum absolute atomic E-state index is 13.0. The summed E-state index contributed by atoms with van der Waals surface area (Å²) in [6.07, 6.45) is 0. The second-order valence-electron chi connectivity index (χ2n) is 5.99. The van der Waals surface area contributed by atoms with E-state index >= 15 is 0 Å². The Kier molecular flexibility index (Phi) is 4.94. The zero-order valence-corrected chi connectivity index (χ0v) is 17.1. The Morgan fingerprint density at radius 3 is 2.30 bits per heavy atom. The fraction of sp³-hybridized carbons (Fsp3) is 0.158. The SMILES string of the molecule is COc1cc2c(cc1OC)-c1c(c3cc(O)ccc3n1CC(=O)O)C2=O.[Na]. The molecule has 1 aliphatic carbocycles. The van der Waals surface area contributed by atoms with Crippen LogP contribution < -0.4 is 9.47 Å². The van der Waals surface area contributed by atoms with Gasteiger partial charge in [0.2, 0.25) is 0 Å². The third kappa shape index (κ3) is 2.79. The van der Waals surface area contributed by atoms with Crippen LogP contribution in [0.5, 0.6) is 17.2 Å². The average Bonchev–Trinajstić information content (AvgIpc) is 3.07. The molecular formula is C19H15NNaO6. The summed E-state index contributed by atoms with van der Waals surface area (Å²) in [7, 11) is 2.97. The molecule has 133 valence electrons. The molecule has 1 aliphatic rings. The molecule has 0 atom stereocenters. The van der Waals surface area contributed by atoms with E-state index in [1.807, 2.05) is 0 Å². The van der Waals surface area contributed by atoms with Crippen molar-refractivity contribution in [2.75, 3.05) is 14.2 Å². The Bertz CT molecular complexity index is 1100. The van der Waals surface area contributed by atoms with Gasteiger partial charge >= 0.3 is 5.97 Å². The Labute approximate surface area is 176 Å². The molecule has 0 spiro atoms. The smallest absolute Gasteiger partial charge is 0.323 e. The van der Waals surface area contributed by atoms with E-state index in [0.717, 1.165) is 0 Å². The van der Waals surface area contributed by atoms with Crippen LogP contribution in [0.4, 0.5) is 0 Å². The molecule has 2 N–H and O–H groups in total. The molecule has 0 aliphatic heterocycles. The van der Waals surface area contributed by atoms with E-state index < -0.39 is 5.97 Å². The van der Waals surface area contributed by atoms with E-state index in [2.05, 4.69) is 0 Å². The number of phenols is 1. The van der Waals surface area contributed by atoms with Gasteiger partial charge in [0.25, 0.3) is 0 Å². The number of hydrogen-bond donors (Lipinski definition) is 2. The maximum Gasteiger partial charge on any atom is 0.323 e. The Balaban J connectivity index is 0.00000210. The number of aliphatic carboxylic acids is 1. The minimum atomic E-state index is -1.03. The van der Waals surface area contributed by atoms with Crippen LogP contribution in [0, 0.1) is 0 Å². The van der Waals surface area contributed by atoms with E-state index in [4.69, 9.17) is 9.47 Å². The molecule has 27 heavy (non-hydrogen) atoms. The Hall–Kier alpha value is -2.48. The first-order chi connectivity index (χ1) is 12.5. The summed E-state index contributed by atoms with van der Waals surface area (Å²) in [5, 5.41) is 19.7. The first kappa shape index (κ1) is 19.3. The third-order valence-electron chi connectivity index (χ3n) is 4.59. The summed E-state index contributed by atoms with van der Waals surface area (Å²) < 4.78 is 12.2. The number of hydrogen-bond acceptors (Lipinski definition) is 5.